The van der Waals surface area contributed by atoms with Gasteiger partial charge in [-0.05, 0) is 35.9 Å². The summed E-state index contributed by atoms with van der Waals surface area (Å²) in [6, 6.07) is 9.44. The Morgan fingerprint density at radius 3 is 2.37 bits per heavy atom. The summed E-state index contributed by atoms with van der Waals surface area (Å²) in [4.78, 5) is 26.5. The SMILES string of the molecule is O=C(O)c1ccc(C(=O)NCc2cccnc2)cc1. The smallest absolute Gasteiger partial charge is 0.335 e. The normalized spacial score (nSPS) is 9.89. The molecule has 0 bridgehead atoms. The number of carboxylic acid groups (broad SMARTS) is 1. The molecule has 19 heavy (non-hydrogen) atoms. The standard InChI is InChI=1S/C14H12N2O3/c17-13(16-9-10-2-1-7-15-8-10)11-3-5-12(6-4-11)14(18)19/h1-8H,9H2,(H,16,17)(H,18,19). The Morgan fingerprint density at radius 1 is 1.11 bits per heavy atom. The molecule has 0 fully saturated rings. The third-order valence-electron chi connectivity index (χ3n) is 2.57. The summed E-state index contributed by atoms with van der Waals surface area (Å²) in [5.41, 5.74) is 1.48. The molecule has 2 rings (SSSR count). The highest BCUT2D eigenvalue weighted by Crippen LogP contribution is 2.05. The third kappa shape index (κ3) is 3.38. The number of benzene rings is 1. The molecule has 1 aromatic carbocycles. The molecule has 0 radical (unpaired) electrons. The van der Waals surface area contributed by atoms with E-state index in [9.17, 15) is 9.59 Å². The Hall–Kier alpha value is -2.69. The van der Waals surface area contributed by atoms with E-state index in [0.717, 1.165) is 5.56 Å². The first-order valence-corrected chi connectivity index (χ1v) is 5.67. The Kier molecular flexibility index (Phi) is 3.87. The van der Waals surface area contributed by atoms with Crippen molar-refractivity contribution in [3.05, 3.63) is 65.5 Å². The lowest BCUT2D eigenvalue weighted by Crippen LogP contribution is -2.22. The second-order valence-electron chi connectivity index (χ2n) is 3.93. The van der Waals surface area contributed by atoms with Crippen LogP contribution in [0.15, 0.2) is 48.8 Å². The second kappa shape index (κ2) is 5.77. The van der Waals surface area contributed by atoms with Crippen LogP contribution in [0.25, 0.3) is 0 Å². The van der Waals surface area contributed by atoms with Crippen molar-refractivity contribution < 1.29 is 14.7 Å². The highest BCUT2D eigenvalue weighted by atomic mass is 16.4. The highest BCUT2D eigenvalue weighted by molar-refractivity contribution is 5.95. The number of amides is 1. The van der Waals surface area contributed by atoms with Gasteiger partial charge >= 0.3 is 5.97 Å². The summed E-state index contributed by atoms with van der Waals surface area (Å²) in [5.74, 6) is -1.26. The molecule has 2 N–H and O–H groups in total. The van der Waals surface area contributed by atoms with Gasteiger partial charge in [0.25, 0.3) is 5.91 Å². The van der Waals surface area contributed by atoms with Crippen molar-refractivity contribution in [2.75, 3.05) is 0 Å². The number of aromatic carboxylic acids is 1. The average molecular weight is 256 g/mol. The fourth-order valence-corrected chi connectivity index (χ4v) is 1.55. The third-order valence-corrected chi connectivity index (χ3v) is 2.57. The second-order valence-corrected chi connectivity index (χ2v) is 3.93. The highest BCUT2D eigenvalue weighted by Gasteiger charge is 2.07. The molecule has 5 heteroatoms. The van der Waals surface area contributed by atoms with E-state index < -0.39 is 5.97 Å². The van der Waals surface area contributed by atoms with E-state index in [1.807, 2.05) is 6.07 Å². The van der Waals surface area contributed by atoms with Crippen LogP contribution in [0.3, 0.4) is 0 Å². The van der Waals surface area contributed by atoms with Gasteiger partial charge in [0.2, 0.25) is 0 Å². The number of hydrogen-bond acceptors (Lipinski definition) is 3. The zero-order valence-electron chi connectivity index (χ0n) is 10.0. The molecule has 0 spiro atoms. The molecule has 1 amide bonds. The van der Waals surface area contributed by atoms with Crippen molar-refractivity contribution in [1.82, 2.24) is 10.3 Å². The van der Waals surface area contributed by atoms with E-state index in [1.165, 1.54) is 24.3 Å². The van der Waals surface area contributed by atoms with Crippen LogP contribution in [0.4, 0.5) is 0 Å². The molecule has 1 aromatic heterocycles. The van der Waals surface area contributed by atoms with Crippen LogP contribution in [0.1, 0.15) is 26.3 Å². The summed E-state index contributed by atoms with van der Waals surface area (Å²) < 4.78 is 0. The minimum absolute atomic E-state index is 0.156. The maximum Gasteiger partial charge on any atom is 0.335 e. The van der Waals surface area contributed by atoms with Gasteiger partial charge in [-0.1, -0.05) is 6.07 Å². The molecule has 0 saturated carbocycles. The predicted molar refractivity (Wildman–Crippen MR) is 68.8 cm³/mol. The van der Waals surface area contributed by atoms with Gasteiger partial charge in [-0.2, -0.15) is 0 Å². The fourth-order valence-electron chi connectivity index (χ4n) is 1.55. The van der Waals surface area contributed by atoms with Gasteiger partial charge in [0.1, 0.15) is 0 Å². The monoisotopic (exact) mass is 256 g/mol. The van der Waals surface area contributed by atoms with Crippen LogP contribution in [-0.4, -0.2) is 22.0 Å². The van der Waals surface area contributed by atoms with Crippen LogP contribution < -0.4 is 5.32 Å². The average Bonchev–Trinajstić information content (AvgIpc) is 2.46. The molecule has 0 aliphatic heterocycles. The minimum atomic E-state index is -1.01. The van der Waals surface area contributed by atoms with E-state index in [4.69, 9.17) is 5.11 Å². The lowest BCUT2D eigenvalue weighted by molar-refractivity contribution is 0.0696. The molecule has 0 unspecified atom stereocenters. The summed E-state index contributed by atoms with van der Waals surface area (Å²) in [5, 5.41) is 11.5. The van der Waals surface area contributed by atoms with E-state index >= 15 is 0 Å². The van der Waals surface area contributed by atoms with Gasteiger partial charge in [0, 0.05) is 24.5 Å². The van der Waals surface area contributed by atoms with Crippen LogP contribution >= 0.6 is 0 Å². The number of carbonyl (C=O) groups excluding carboxylic acids is 1. The maximum absolute atomic E-state index is 11.8. The Morgan fingerprint density at radius 2 is 1.79 bits per heavy atom. The largest absolute Gasteiger partial charge is 0.478 e. The van der Waals surface area contributed by atoms with Gasteiger partial charge in [-0.25, -0.2) is 4.79 Å². The van der Waals surface area contributed by atoms with E-state index in [1.54, 1.807) is 18.5 Å². The van der Waals surface area contributed by atoms with Gasteiger partial charge in [0.05, 0.1) is 5.56 Å². The van der Waals surface area contributed by atoms with Crippen molar-refractivity contribution in [2.45, 2.75) is 6.54 Å². The van der Waals surface area contributed by atoms with Crippen molar-refractivity contribution >= 4 is 11.9 Å². The first-order valence-electron chi connectivity index (χ1n) is 5.67. The summed E-state index contributed by atoms with van der Waals surface area (Å²) in [6.07, 6.45) is 3.34. The number of hydrogen-bond donors (Lipinski definition) is 2. The number of nitrogens with one attached hydrogen (secondary N) is 1. The number of nitrogens with zero attached hydrogens (tertiary/aromatic N) is 1. The molecule has 0 saturated heterocycles. The maximum atomic E-state index is 11.8. The van der Waals surface area contributed by atoms with Crippen molar-refractivity contribution in [3.8, 4) is 0 Å². The van der Waals surface area contributed by atoms with Gasteiger partial charge in [0.15, 0.2) is 0 Å². The molecule has 0 aliphatic rings. The molecule has 2 aromatic rings. The molecular formula is C14H12N2O3. The molecular weight excluding hydrogens is 244 g/mol. The van der Waals surface area contributed by atoms with Gasteiger partial charge in [-0.3, -0.25) is 9.78 Å². The number of aromatic nitrogens is 1. The van der Waals surface area contributed by atoms with Gasteiger partial charge in [-0.15, -0.1) is 0 Å². The summed E-state index contributed by atoms with van der Waals surface area (Å²) in [7, 11) is 0. The summed E-state index contributed by atoms with van der Waals surface area (Å²) in [6.45, 7) is 0.382. The van der Waals surface area contributed by atoms with Gasteiger partial charge < -0.3 is 10.4 Å². The lowest BCUT2D eigenvalue weighted by atomic mass is 10.1. The first-order chi connectivity index (χ1) is 9.16. The minimum Gasteiger partial charge on any atom is -0.478 e. The molecule has 5 nitrogen and oxygen atoms in total. The Labute approximate surface area is 109 Å². The van der Waals surface area contributed by atoms with Crippen LogP contribution in [0.5, 0.6) is 0 Å². The Bertz CT molecular complexity index is 579. The molecule has 0 aliphatic carbocycles. The molecule has 0 atom stereocenters. The topological polar surface area (TPSA) is 79.3 Å². The Balaban J connectivity index is 1.98. The zero-order valence-corrected chi connectivity index (χ0v) is 10.0. The van der Waals surface area contributed by atoms with Crippen molar-refractivity contribution in [3.63, 3.8) is 0 Å². The van der Waals surface area contributed by atoms with Crippen LogP contribution in [0.2, 0.25) is 0 Å². The fraction of sp³-hybridized carbons (Fsp3) is 0.0714. The van der Waals surface area contributed by atoms with E-state index in [2.05, 4.69) is 10.3 Å². The van der Waals surface area contributed by atoms with Crippen molar-refractivity contribution in [1.29, 1.82) is 0 Å². The van der Waals surface area contributed by atoms with Crippen LogP contribution in [-0.2, 0) is 6.54 Å². The van der Waals surface area contributed by atoms with E-state index in [0.29, 0.717) is 12.1 Å². The number of pyridine rings is 1. The number of carboxylic acids is 1. The predicted octanol–water partition coefficient (Wildman–Crippen LogP) is 1.71. The van der Waals surface area contributed by atoms with E-state index in [-0.39, 0.29) is 11.5 Å². The number of carbonyl (C=O) groups is 2. The molecule has 96 valence electrons. The quantitative estimate of drug-likeness (QED) is 0.872. The van der Waals surface area contributed by atoms with Crippen molar-refractivity contribution in [2.24, 2.45) is 0 Å². The lowest BCUT2D eigenvalue weighted by Gasteiger charge is -2.05. The summed E-state index contributed by atoms with van der Waals surface area (Å²) >= 11 is 0. The first kappa shape index (κ1) is 12.8. The zero-order chi connectivity index (χ0) is 13.7. The molecule has 1 heterocycles. The van der Waals surface area contributed by atoms with Crippen LogP contribution in [0, 0.1) is 0 Å². The number of rotatable bonds is 4.